The minimum absolute atomic E-state index is 0.311. The Kier molecular flexibility index (Phi) is 5.48. The van der Waals surface area contributed by atoms with Crippen LogP contribution >= 0.6 is 0 Å². The highest BCUT2D eigenvalue weighted by atomic mass is 16.5. The van der Waals surface area contributed by atoms with Crippen LogP contribution in [0.2, 0.25) is 0 Å². The van der Waals surface area contributed by atoms with E-state index in [9.17, 15) is 5.11 Å². The number of aliphatic hydroxyl groups is 1. The largest absolute Gasteiger partial charge is 0.497 e. The first kappa shape index (κ1) is 16.9. The van der Waals surface area contributed by atoms with E-state index in [-0.39, 0.29) is 0 Å². The number of rotatable bonds is 6. The summed E-state index contributed by atoms with van der Waals surface area (Å²) in [6, 6.07) is 8.10. The molecule has 0 amide bonds. The number of aliphatic hydroxyl groups excluding tert-OH is 1. The van der Waals surface area contributed by atoms with Crippen molar-refractivity contribution in [3.8, 4) is 17.2 Å². The summed E-state index contributed by atoms with van der Waals surface area (Å²) in [5, 5.41) is 17.6. The van der Waals surface area contributed by atoms with Crippen molar-refractivity contribution >= 4 is 0 Å². The highest BCUT2D eigenvalue weighted by Gasteiger charge is 2.24. The summed E-state index contributed by atoms with van der Waals surface area (Å²) in [5.41, 5.74) is 0.889. The Morgan fingerprint density at radius 1 is 1.17 bits per heavy atom. The number of ether oxygens (including phenoxy) is 1. The van der Waals surface area contributed by atoms with Gasteiger partial charge < -0.3 is 14.3 Å². The van der Waals surface area contributed by atoms with Crippen LogP contribution < -0.4 is 4.74 Å². The molecule has 0 atom stereocenters. The van der Waals surface area contributed by atoms with Crippen LogP contribution in [-0.2, 0) is 6.54 Å². The van der Waals surface area contributed by atoms with Crippen molar-refractivity contribution in [3.63, 3.8) is 0 Å². The van der Waals surface area contributed by atoms with Crippen LogP contribution in [-0.4, -0.2) is 47.0 Å². The van der Waals surface area contributed by atoms with Crippen molar-refractivity contribution < 1.29 is 14.3 Å². The van der Waals surface area contributed by atoms with Gasteiger partial charge in [0, 0.05) is 18.2 Å². The highest BCUT2D eigenvalue weighted by molar-refractivity contribution is 5.53. The number of hydrogen-bond acceptors (Lipinski definition) is 6. The SMILES string of the molecule is COc1ccc(-c2nnc(CN(C)C3CCC(CO)CC3)o2)cc1. The monoisotopic (exact) mass is 331 g/mol. The van der Waals surface area contributed by atoms with E-state index in [2.05, 4.69) is 22.1 Å². The molecule has 0 radical (unpaired) electrons. The first-order valence-corrected chi connectivity index (χ1v) is 8.47. The molecule has 1 aliphatic rings. The second kappa shape index (κ2) is 7.77. The van der Waals surface area contributed by atoms with Crippen LogP contribution in [0.5, 0.6) is 5.75 Å². The van der Waals surface area contributed by atoms with Crippen LogP contribution in [0.4, 0.5) is 0 Å². The summed E-state index contributed by atoms with van der Waals surface area (Å²) in [6.07, 6.45) is 4.40. The van der Waals surface area contributed by atoms with E-state index in [0.29, 0.717) is 36.9 Å². The van der Waals surface area contributed by atoms with Gasteiger partial charge in [-0.2, -0.15) is 0 Å². The predicted octanol–water partition coefficient (Wildman–Crippen LogP) is 2.73. The third kappa shape index (κ3) is 3.94. The van der Waals surface area contributed by atoms with E-state index in [1.165, 1.54) is 0 Å². The minimum atomic E-state index is 0.311. The molecule has 1 aliphatic carbocycles. The summed E-state index contributed by atoms with van der Waals surface area (Å²) in [5.74, 6) is 2.44. The lowest BCUT2D eigenvalue weighted by Crippen LogP contribution is -2.35. The molecule has 24 heavy (non-hydrogen) atoms. The fourth-order valence-electron chi connectivity index (χ4n) is 3.28. The standard InChI is InChI=1S/C18H25N3O3/c1-21(15-7-3-13(12-22)4-8-15)11-17-19-20-18(24-17)14-5-9-16(23-2)10-6-14/h5-6,9-10,13,15,22H,3-4,7-8,11-12H2,1-2H3. The zero-order valence-corrected chi connectivity index (χ0v) is 14.3. The number of aromatic nitrogens is 2. The normalized spacial score (nSPS) is 21.2. The van der Waals surface area contributed by atoms with Gasteiger partial charge in [-0.25, -0.2) is 0 Å². The lowest BCUT2D eigenvalue weighted by Gasteiger charge is -2.33. The molecule has 1 saturated carbocycles. The predicted molar refractivity (Wildman–Crippen MR) is 90.6 cm³/mol. The Bertz CT molecular complexity index is 633. The van der Waals surface area contributed by atoms with E-state index in [0.717, 1.165) is 37.0 Å². The maximum atomic E-state index is 9.24. The molecule has 1 heterocycles. The van der Waals surface area contributed by atoms with Crippen molar-refractivity contribution in [1.29, 1.82) is 0 Å². The molecule has 130 valence electrons. The Morgan fingerprint density at radius 3 is 2.50 bits per heavy atom. The second-order valence-corrected chi connectivity index (χ2v) is 6.50. The van der Waals surface area contributed by atoms with Crippen LogP contribution in [0.1, 0.15) is 31.6 Å². The van der Waals surface area contributed by atoms with Crippen LogP contribution in [0.25, 0.3) is 11.5 Å². The van der Waals surface area contributed by atoms with Gasteiger partial charge in [0.25, 0.3) is 0 Å². The molecule has 1 aromatic carbocycles. The van der Waals surface area contributed by atoms with Gasteiger partial charge in [-0.3, -0.25) is 4.90 Å². The summed E-state index contributed by atoms with van der Waals surface area (Å²) in [4.78, 5) is 2.28. The Morgan fingerprint density at radius 2 is 1.88 bits per heavy atom. The van der Waals surface area contributed by atoms with Crippen molar-refractivity contribution in [3.05, 3.63) is 30.2 Å². The molecule has 2 aromatic rings. The maximum absolute atomic E-state index is 9.24. The van der Waals surface area contributed by atoms with Crippen LogP contribution in [0, 0.1) is 5.92 Å². The van der Waals surface area contributed by atoms with Crippen LogP contribution in [0.3, 0.4) is 0 Å². The molecule has 1 aromatic heterocycles. The third-order valence-electron chi connectivity index (χ3n) is 4.89. The lowest BCUT2D eigenvalue weighted by atomic mass is 9.86. The van der Waals surface area contributed by atoms with Crippen LogP contribution in [0.15, 0.2) is 28.7 Å². The van der Waals surface area contributed by atoms with Crippen molar-refractivity contribution in [2.75, 3.05) is 20.8 Å². The third-order valence-corrected chi connectivity index (χ3v) is 4.89. The Balaban J connectivity index is 1.59. The molecule has 0 bridgehead atoms. The number of nitrogens with zero attached hydrogens (tertiary/aromatic N) is 3. The molecule has 0 unspecified atom stereocenters. The molecule has 6 heteroatoms. The topological polar surface area (TPSA) is 71.6 Å². The van der Waals surface area contributed by atoms with Gasteiger partial charge in [-0.15, -0.1) is 10.2 Å². The zero-order valence-electron chi connectivity index (χ0n) is 14.3. The van der Waals surface area contributed by atoms with Gasteiger partial charge in [0.05, 0.1) is 13.7 Å². The summed E-state index contributed by atoms with van der Waals surface area (Å²) in [7, 11) is 3.74. The average Bonchev–Trinajstić information content (AvgIpc) is 3.10. The summed E-state index contributed by atoms with van der Waals surface area (Å²) >= 11 is 0. The van der Waals surface area contributed by atoms with E-state index in [1.54, 1.807) is 7.11 Å². The molecule has 0 spiro atoms. The molecule has 1 fully saturated rings. The van der Waals surface area contributed by atoms with Gasteiger partial charge in [0.2, 0.25) is 11.8 Å². The van der Waals surface area contributed by atoms with E-state index < -0.39 is 0 Å². The molecule has 0 saturated heterocycles. The van der Waals surface area contributed by atoms with Gasteiger partial charge in [-0.05, 0) is 62.9 Å². The van der Waals surface area contributed by atoms with E-state index in [4.69, 9.17) is 9.15 Å². The van der Waals surface area contributed by atoms with Crippen molar-refractivity contribution in [2.24, 2.45) is 5.92 Å². The van der Waals surface area contributed by atoms with E-state index >= 15 is 0 Å². The number of hydrogen-bond donors (Lipinski definition) is 1. The molecule has 1 N–H and O–H groups in total. The summed E-state index contributed by atoms with van der Waals surface area (Å²) < 4.78 is 11.0. The number of methoxy groups -OCH3 is 1. The lowest BCUT2D eigenvalue weighted by molar-refractivity contribution is 0.118. The van der Waals surface area contributed by atoms with Crippen molar-refractivity contribution in [2.45, 2.75) is 38.3 Å². The van der Waals surface area contributed by atoms with E-state index in [1.807, 2.05) is 24.3 Å². The number of benzene rings is 1. The smallest absolute Gasteiger partial charge is 0.247 e. The van der Waals surface area contributed by atoms with Gasteiger partial charge >= 0.3 is 0 Å². The zero-order chi connectivity index (χ0) is 16.9. The quantitative estimate of drug-likeness (QED) is 0.877. The molecule has 3 rings (SSSR count). The fraction of sp³-hybridized carbons (Fsp3) is 0.556. The highest BCUT2D eigenvalue weighted by Crippen LogP contribution is 2.28. The molecular formula is C18H25N3O3. The van der Waals surface area contributed by atoms with Crippen molar-refractivity contribution in [1.82, 2.24) is 15.1 Å². The molecule has 0 aliphatic heterocycles. The first-order chi connectivity index (χ1) is 11.7. The first-order valence-electron chi connectivity index (χ1n) is 8.47. The minimum Gasteiger partial charge on any atom is -0.497 e. The van der Waals surface area contributed by atoms with Gasteiger partial charge in [0.15, 0.2) is 0 Å². The second-order valence-electron chi connectivity index (χ2n) is 6.50. The average molecular weight is 331 g/mol. The maximum Gasteiger partial charge on any atom is 0.247 e. The van der Waals surface area contributed by atoms with Gasteiger partial charge in [0.1, 0.15) is 5.75 Å². The molecular weight excluding hydrogens is 306 g/mol. The summed E-state index contributed by atoms with van der Waals surface area (Å²) in [6.45, 7) is 0.961. The molecule has 6 nitrogen and oxygen atoms in total. The van der Waals surface area contributed by atoms with Gasteiger partial charge in [-0.1, -0.05) is 0 Å². The Labute approximate surface area is 142 Å². The Hall–Kier alpha value is -1.92. The fourth-order valence-corrected chi connectivity index (χ4v) is 3.28.